The molecule has 2 rings (SSSR count). The first kappa shape index (κ1) is 24.4. The van der Waals surface area contributed by atoms with E-state index < -0.39 is 0 Å². The Morgan fingerprint density at radius 2 is 1.75 bits per heavy atom. The lowest BCUT2D eigenvalue weighted by molar-refractivity contribution is 0.351. The van der Waals surface area contributed by atoms with Crippen molar-refractivity contribution >= 4 is 41.7 Å². The van der Waals surface area contributed by atoms with Crippen LogP contribution in [0.1, 0.15) is 16.7 Å². The average Bonchev–Trinajstić information content (AvgIpc) is 2.69. The third-order valence-electron chi connectivity index (χ3n) is 4.07. The number of hydrogen-bond donors (Lipinski definition) is 2. The van der Waals surface area contributed by atoms with Gasteiger partial charge in [-0.1, -0.05) is 18.2 Å². The summed E-state index contributed by atoms with van der Waals surface area (Å²) in [7, 11) is 4.95. The van der Waals surface area contributed by atoms with E-state index in [9.17, 15) is 4.39 Å². The van der Waals surface area contributed by atoms with Gasteiger partial charge in [0.2, 0.25) is 0 Å². The maximum atomic E-state index is 13.5. The second kappa shape index (κ2) is 12.7. The summed E-state index contributed by atoms with van der Waals surface area (Å²) in [6.45, 7) is 1.09. The summed E-state index contributed by atoms with van der Waals surface area (Å²) < 4.78 is 24.3. The van der Waals surface area contributed by atoms with Crippen LogP contribution in [0.4, 0.5) is 4.39 Å². The van der Waals surface area contributed by atoms with Crippen LogP contribution in [0.25, 0.3) is 0 Å². The maximum Gasteiger partial charge on any atom is 0.191 e. The number of nitrogens with zero attached hydrogens (tertiary/aromatic N) is 1. The highest BCUT2D eigenvalue weighted by molar-refractivity contribution is 14.0. The van der Waals surface area contributed by atoms with Gasteiger partial charge in [0.1, 0.15) is 5.82 Å². The number of benzene rings is 2. The van der Waals surface area contributed by atoms with Crippen LogP contribution in [0.5, 0.6) is 11.5 Å². The molecule has 0 aromatic heterocycles. The van der Waals surface area contributed by atoms with Gasteiger partial charge in [-0.2, -0.15) is 11.8 Å². The molecule has 0 atom stereocenters. The highest BCUT2D eigenvalue weighted by atomic mass is 127. The van der Waals surface area contributed by atoms with Gasteiger partial charge in [-0.05, 0) is 35.6 Å². The average molecular weight is 519 g/mol. The van der Waals surface area contributed by atoms with Gasteiger partial charge in [0.25, 0.3) is 0 Å². The predicted molar refractivity (Wildman–Crippen MR) is 126 cm³/mol. The van der Waals surface area contributed by atoms with Crippen molar-refractivity contribution in [3.63, 3.8) is 0 Å². The van der Waals surface area contributed by atoms with Crippen LogP contribution in [0.15, 0.2) is 41.4 Å². The number of rotatable bonds is 8. The summed E-state index contributed by atoms with van der Waals surface area (Å²) in [5.41, 5.74) is 3.00. The molecule has 0 aliphatic carbocycles. The van der Waals surface area contributed by atoms with E-state index in [0.29, 0.717) is 30.5 Å². The first-order valence-electron chi connectivity index (χ1n) is 8.53. The first-order valence-corrected chi connectivity index (χ1v) is 9.93. The number of thioether (sulfide) groups is 1. The third-order valence-corrected chi connectivity index (χ3v) is 4.67. The Labute approximate surface area is 187 Å². The first-order chi connectivity index (χ1) is 13.1. The van der Waals surface area contributed by atoms with E-state index in [1.54, 1.807) is 39.1 Å². The molecule has 2 N–H and O–H groups in total. The lowest BCUT2D eigenvalue weighted by Crippen LogP contribution is -2.36. The van der Waals surface area contributed by atoms with E-state index in [2.05, 4.69) is 15.6 Å². The number of halogens is 2. The molecule has 0 unspecified atom stereocenters. The normalized spacial score (nSPS) is 10.8. The molecule has 0 heterocycles. The summed E-state index contributed by atoms with van der Waals surface area (Å²) in [5.74, 6) is 2.59. The van der Waals surface area contributed by atoms with E-state index in [0.717, 1.165) is 22.4 Å². The van der Waals surface area contributed by atoms with Gasteiger partial charge in [0.15, 0.2) is 17.5 Å². The third kappa shape index (κ3) is 6.73. The molecule has 0 saturated heterocycles. The van der Waals surface area contributed by atoms with Crippen molar-refractivity contribution in [3.8, 4) is 11.5 Å². The van der Waals surface area contributed by atoms with E-state index >= 15 is 0 Å². The van der Waals surface area contributed by atoms with Crippen LogP contribution in [0.3, 0.4) is 0 Å². The van der Waals surface area contributed by atoms with Crippen LogP contribution >= 0.6 is 35.7 Å². The zero-order chi connectivity index (χ0) is 19.6. The topological polar surface area (TPSA) is 54.9 Å². The highest BCUT2D eigenvalue weighted by Gasteiger charge is 2.10. The van der Waals surface area contributed by atoms with Crippen molar-refractivity contribution in [2.45, 2.75) is 18.8 Å². The molecule has 8 heteroatoms. The molecule has 2 aromatic carbocycles. The summed E-state index contributed by atoms with van der Waals surface area (Å²) in [5, 5.41) is 6.54. The zero-order valence-corrected chi connectivity index (χ0v) is 19.7. The summed E-state index contributed by atoms with van der Waals surface area (Å²) in [6.07, 6.45) is 2.00. The Kier molecular flexibility index (Phi) is 11.1. The molecule has 28 heavy (non-hydrogen) atoms. The fraction of sp³-hybridized carbons (Fsp3) is 0.350. The van der Waals surface area contributed by atoms with Gasteiger partial charge in [-0.3, -0.25) is 4.99 Å². The van der Waals surface area contributed by atoms with Crippen LogP contribution in [0, 0.1) is 5.82 Å². The number of aliphatic imine (C=N–C) groups is 1. The molecule has 0 fully saturated rings. The SMILES string of the molecule is CN=C(NCc1ccc(F)cc1CSC)NCc1cccc(OC)c1OC.I. The van der Waals surface area contributed by atoms with Crippen LogP contribution < -0.4 is 20.1 Å². The number of ether oxygens (including phenoxy) is 2. The van der Waals surface area contributed by atoms with Crippen molar-refractivity contribution in [2.24, 2.45) is 4.99 Å². The molecular formula is C20H27FIN3O2S. The molecule has 0 radical (unpaired) electrons. The molecule has 0 bridgehead atoms. The fourth-order valence-electron chi connectivity index (χ4n) is 2.73. The zero-order valence-electron chi connectivity index (χ0n) is 16.5. The van der Waals surface area contributed by atoms with E-state index in [-0.39, 0.29) is 29.8 Å². The summed E-state index contributed by atoms with van der Waals surface area (Å²) >= 11 is 1.67. The number of methoxy groups -OCH3 is 2. The van der Waals surface area contributed by atoms with Gasteiger partial charge in [0, 0.05) is 31.5 Å². The summed E-state index contributed by atoms with van der Waals surface area (Å²) in [6, 6.07) is 10.6. The fourth-order valence-corrected chi connectivity index (χ4v) is 3.31. The van der Waals surface area contributed by atoms with Gasteiger partial charge < -0.3 is 20.1 Å². The molecule has 2 aromatic rings. The largest absolute Gasteiger partial charge is 0.493 e. The highest BCUT2D eigenvalue weighted by Crippen LogP contribution is 2.30. The van der Waals surface area contributed by atoms with Crippen molar-refractivity contribution in [3.05, 3.63) is 58.9 Å². The van der Waals surface area contributed by atoms with Crippen molar-refractivity contribution < 1.29 is 13.9 Å². The minimum absolute atomic E-state index is 0. The Morgan fingerprint density at radius 1 is 1.04 bits per heavy atom. The van der Waals surface area contributed by atoms with E-state index in [4.69, 9.17) is 9.47 Å². The van der Waals surface area contributed by atoms with Crippen molar-refractivity contribution in [2.75, 3.05) is 27.5 Å². The molecule has 0 aliphatic heterocycles. The Hall–Kier alpha value is -1.68. The Morgan fingerprint density at radius 3 is 2.36 bits per heavy atom. The van der Waals surface area contributed by atoms with Crippen LogP contribution in [-0.2, 0) is 18.8 Å². The lowest BCUT2D eigenvalue weighted by Gasteiger charge is -2.16. The Bertz CT molecular complexity index is 790. The number of para-hydroxylation sites is 1. The van der Waals surface area contributed by atoms with Gasteiger partial charge in [-0.25, -0.2) is 4.39 Å². The summed E-state index contributed by atoms with van der Waals surface area (Å²) in [4.78, 5) is 4.25. The smallest absolute Gasteiger partial charge is 0.191 e. The van der Waals surface area contributed by atoms with Crippen LogP contribution in [0.2, 0.25) is 0 Å². The molecule has 5 nitrogen and oxygen atoms in total. The minimum atomic E-state index is -0.213. The van der Waals surface area contributed by atoms with Gasteiger partial charge in [-0.15, -0.1) is 24.0 Å². The molecule has 0 amide bonds. The molecule has 0 aliphatic rings. The molecule has 154 valence electrons. The predicted octanol–water partition coefficient (Wildman–Crippen LogP) is 4.19. The van der Waals surface area contributed by atoms with Crippen molar-refractivity contribution in [1.29, 1.82) is 0 Å². The Balaban J connectivity index is 0.00000392. The quantitative estimate of drug-likeness (QED) is 0.311. The number of hydrogen-bond acceptors (Lipinski definition) is 4. The second-order valence-corrected chi connectivity index (χ2v) is 6.64. The standard InChI is InChI=1S/C20H26FN3O2S.HI/c1-22-20(23-11-14-8-9-17(21)10-16(14)13-27-4)24-12-15-6-5-7-18(25-2)19(15)26-3;/h5-10H,11-13H2,1-4H3,(H2,22,23,24);1H. The van der Waals surface area contributed by atoms with Crippen LogP contribution in [-0.4, -0.2) is 33.5 Å². The minimum Gasteiger partial charge on any atom is -0.493 e. The van der Waals surface area contributed by atoms with E-state index in [1.165, 1.54) is 6.07 Å². The van der Waals surface area contributed by atoms with Gasteiger partial charge in [0.05, 0.1) is 14.2 Å². The van der Waals surface area contributed by atoms with Crippen molar-refractivity contribution in [1.82, 2.24) is 10.6 Å². The number of nitrogens with one attached hydrogen (secondary N) is 2. The maximum absolute atomic E-state index is 13.5. The molecule has 0 spiro atoms. The van der Waals surface area contributed by atoms with Gasteiger partial charge >= 0.3 is 0 Å². The molecular weight excluding hydrogens is 492 g/mol. The lowest BCUT2D eigenvalue weighted by atomic mass is 10.1. The van der Waals surface area contributed by atoms with E-state index in [1.807, 2.05) is 30.5 Å². The second-order valence-electron chi connectivity index (χ2n) is 5.78. The number of guanidine groups is 1. The monoisotopic (exact) mass is 519 g/mol. The molecule has 0 saturated carbocycles.